The van der Waals surface area contributed by atoms with Gasteiger partial charge in [0, 0.05) is 68.2 Å². The molecule has 0 aromatic heterocycles. The smallest absolute Gasteiger partial charge is 0.0467 e. The lowest BCUT2D eigenvalue weighted by Crippen LogP contribution is -2.10. The molecule has 0 amide bonds. The van der Waals surface area contributed by atoms with E-state index in [1.54, 1.807) is 0 Å². The van der Waals surface area contributed by atoms with Crippen molar-refractivity contribution in [3.63, 3.8) is 0 Å². The third-order valence-corrected chi connectivity index (χ3v) is 14.6. The molecule has 0 aliphatic rings. The Hall–Kier alpha value is -10.2. The second-order valence-corrected chi connectivity index (χ2v) is 20.1. The van der Waals surface area contributed by atoms with Crippen molar-refractivity contribution in [1.29, 1.82) is 0 Å². The minimum atomic E-state index is 1.07. The van der Waals surface area contributed by atoms with Gasteiger partial charge in [0.1, 0.15) is 0 Å². The Morgan fingerprint density at radius 1 is 0.152 bits per heavy atom. The molecule has 0 aliphatic carbocycles. The maximum absolute atomic E-state index is 2.35. The van der Waals surface area contributed by atoms with Crippen molar-refractivity contribution in [2.45, 2.75) is 20.8 Å². The van der Waals surface area contributed by atoms with Crippen LogP contribution < -0.4 is 19.6 Å². The molecule has 0 heterocycles. The standard InChI is InChI=1S/C75H60N4/c1-55-28-40-67(41-29-55)76(64-19-7-4-8-20-64)69-44-32-58(33-45-69)61-38-50-72(51-39-61)79(68-42-30-56(2)31-43-68)75-27-15-18-63(54-75)62-17-14-26-74(53-62)78(66-23-11-6-12-24-66)71-48-36-60(37-49-71)59-34-46-70(47-35-59)77(65-21-9-5-10-22-65)73-25-13-16-57(3)52-73/h4-54H,1-3H3. The molecule has 0 radical (unpaired) electrons. The maximum atomic E-state index is 2.35. The first kappa shape index (κ1) is 49.7. The van der Waals surface area contributed by atoms with Crippen LogP contribution in [0.1, 0.15) is 16.7 Å². The third kappa shape index (κ3) is 11.0. The highest BCUT2D eigenvalue weighted by Crippen LogP contribution is 2.42. The van der Waals surface area contributed by atoms with Gasteiger partial charge in [-0.05, 0) is 205 Å². The molecule has 0 bridgehead atoms. The van der Waals surface area contributed by atoms with Crippen molar-refractivity contribution < 1.29 is 0 Å². The van der Waals surface area contributed by atoms with Gasteiger partial charge >= 0.3 is 0 Å². The highest BCUT2D eigenvalue weighted by molar-refractivity contribution is 5.86. The fraction of sp³-hybridized carbons (Fsp3) is 0.0400. The summed E-state index contributed by atoms with van der Waals surface area (Å²) in [6.07, 6.45) is 0. The quantitative estimate of drug-likeness (QED) is 0.101. The molecule has 4 heteroatoms. The summed E-state index contributed by atoms with van der Waals surface area (Å²) in [4.78, 5) is 9.32. The Morgan fingerprint density at radius 2 is 0.380 bits per heavy atom. The van der Waals surface area contributed by atoms with E-state index in [1.165, 1.54) is 16.7 Å². The molecule has 0 N–H and O–H groups in total. The molecule has 0 fully saturated rings. The van der Waals surface area contributed by atoms with Crippen molar-refractivity contribution in [3.8, 4) is 33.4 Å². The Bertz CT molecular complexity index is 3940. The van der Waals surface area contributed by atoms with E-state index in [1.807, 2.05) is 0 Å². The van der Waals surface area contributed by atoms with Crippen LogP contribution in [0.2, 0.25) is 0 Å². The Balaban J connectivity index is 0.824. The average Bonchev–Trinajstić information content (AvgIpc) is 3.53. The first-order chi connectivity index (χ1) is 38.9. The normalized spacial score (nSPS) is 11.0. The molecule has 12 rings (SSSR count). The molecule has 0 aliphatic heterocycles. The van der Waals surface area contributed by atoms with Gasteiger partial charge in [0.2, 0.25) is 0 Å². The predicted molar refractivity (Wildman–Crippen MR) is 336 cm³/mol. The average molecular weight is 1020 g/mol. The third-order valence-electron chi connectivity index (χ3n) is 14.6. The maximum Gasteiger partial charge on any atom is 0.0467 e. The van der Waals surface area contributed by atoms with Crippen LogP contribution in [0.3, 0.4) is 0 Å². The van der Waals surface area contributed by atoms with Crippen LogP contribution in [0.5, 0.6) is 0 Å². The molecule has 12 aromatic rings. The Morgan fingerprint density at radius 3 is 0.671 bits per heavy atom. The molecule has 12 aromatic carbocycles. The van der Waals surface area contributed by atoms with E-state index in [0.29, 0.717) is 0 Å². The van der Waals surface area contributed by atoms with Gasteiger partial charge in [-0.3, -0.25) is 0 Å². The molecule has 0 spiro atoms. The zero-order valence-corrected chi connectivity index (χ0v) is 44.7. The highest BCUT2D eigenvalue weighted by Gasteiger charge is 2.19. The minimum absolute atomic E-state index is 1.07. The van der Waals surface area contributed by atoms with Crippen LogP contribution >= 0.6 is 0 Å². The van der Waals surface area contributed by atoms with E-state index in [4.69, 9.17) is 0 Å². The number of anilines is 12. The molecule has 0 saturated carbocycles. The number of hydrogen-bond acceptors (Lipinski definition) is 4. The van der Waals surface area contributed by atoms with Gasteiger partial charge in [-0.1, -0.05) is 175 Å². The van der Waals surface area contributed by atoms with Crippen molar-refractivity contribution in [3.05, 3.63) is 326 Å². The highest BCUT2D eigenvalue weighted by atomic mass is 15.2. The number of benzene rings is 12. The van der Waals surface area contributed by atoms with E-state index in [9.17, 15) is 0 Å². The molecule has 4 nitrogen and oxygen atoms in total. The Labute approximate surface area is 465 Å². The molecular weight excluding hydrogens is 957 g/mol. The summed E-state index contributed by atoms with van der Waals surface area (Å²) in [5, 5.41) is 0. The zero-order valence-electron chi connectivity index (χ0n) is 44.7. The first-order valence-corrected chi connectivity index (χ1v) is 27.1. The summed E-state index contributed by atoms with van der Waals surface area (Å²) >= 11 is 0. The van der Waals surface area contributed by atoms with Crippen molar-refractivity contribution in [2.75, 3.05) is 19.6 Å². The van der Waals surface area contributed by atoms with E-state index in [0.717, 1.165) is 102 Å². The number of hydrogen-bond donors (Lipinski definition) is 0. The number of aryl methyl sites for hydroxylation is 3. The van der Waals surface area contributed by atoms with Crippen LogP contribution in [0, 0.1) is 20.8 Å². The molecule has 0 saturated heterocycles. The fourth-order valence-electron chi connectivity index (χ4n) is 10.5. The lowest BCUT2D eigenvalue weighted by molar-refractivity contribution is 1.27. The topological polar surface area (TPSA) is 13.0 Å². The van der Waals surface area contributed by atoms with Crippen molar-refractivity contribution >= 4 is 68.2 Å². The zero-order chi connectivity index (χ0) is 53.5. The fourth-order valence-corrected chi connectivity index (χ4v) is 10.5. The molecule has 380 valence electrons. The largest absolute Gasteiger partial charge is 0.311 e. The van der Waals surface area contributed by atoms with Gasteiger partial charge in [0.05, 0.1) is 0 Å². The van der Waals surface area contributed by atoms with Gasteiger partial charge < -0.3 is 19.6 Å². The van der Waals surface area contributed by atoms with Crippen LogP contribution in [0.4, 0.5) is 68.2 Å². The second-order valence-electron chi connectivity index (χ2n) is 20.1. The van der Waals surface area contributed by atoms with E-state index < -0.39 is 0 Å². The monoisotopic (exact) mass is 1020 g/mol. The summed E-state index contributed by atoms with van der Waals surface area (Å²) in [5.41, 5.74) is 23.8. The summed E-state index contributed by atoms with van der Waals surface area (Å²) < 4.78 is 0. The van der Waals surface area contributed by atoms with Gasteiger partial charge in [0.25, 0.3) is 0 Å². The SMILES string of the molecule is Cc1ccc(N(c2ccccc2)c2ccc(-c3ccc(N(c4ccc(C)cc4)c4cccc(-c5cccc(N(c6ccccc6)c6ccc(-c7ccc(N(c8ccccc8)c8cccc(C)c8)cc7)cc6)c5)c4)cc3)cc2)cc1. The minimum Gasteiger partial charge on any atom is -0.311 e. The summed E-state index contributed by atoms with van der Waals surface area (Å²) in [7, 11) is 0. The van der Waals surface area contributed by atoms with E-state index >= 15 is 0 Å². The lowest BCUT2D eigenvalue weighted by atomic mass is 10.0. The van der Waals surface area contributed by atoms with Crippen LogP contribution in [0.15, 0.2) is 309 Å². The van der Waals surface area contributed by atoms with E-state index in [2.05, 4.69) is 350 Å². The second kappa shape index (κ2) is 22.6. The van der Waals surface area contributed by atoms with Crippen molar-refractivity contribution in [2.24, 2.45) is 0 Å². The molecule has 0 unspecified atom stereocenters. The van der Waals surface area contributed by atoms with Crippen LogP contribution in [0.25, 0.3) is 33.4 Å². The van der Waals surface area contributed by atoms with E-state index in [-0.39, 0.29) is 0 Å². The summed E-state index contributed by atoms with van der Waals surface area (Å²) in [6.45, 7) is 6.41. The van der Waals surface area contributed by atoms with Gasteiger partial charge in [-0.25, -0.2) is 0 Å². The van der Waals surface area contributed by atoms with Gasteiger partial charge in [-0.15, -0.1) is 0 Å². The number of para-hydroxylation sites is 3. The number of nitrogens with zero attached hydrogens (tertiary/aromatic N) is 4. The van der Waals surface area contributed by atoms with Gasteiger partial charge in [-0.2, -0.15) is 0 Å². The number of rotatable bonds is 15. The summed E-state index contributed by atoms with van der Waals surface area (Å²) in [5.74, 6) is 0. The van der Waals surface area contributed by atoms with Gasteiger partial charge in [0.15, 0.2) is 0 Å². The molecule has 79 heavy (non-hydrogen) atoms. The first-order valence-electron chi connectivity index (χ1n) is 27.1. The predicted octanol–water partition coefficient (Wildman–Crippen LogP) is 21.5. The van der Waals surface area contributed by atoms with Crippen LogP contribution in [-0.2, 0) is 0 Å². The van der Waals surface area contributed by atoms with Crippen LogP contribution in [-0.4, -0.2) is 0 Å². The van der Waals surface area contributed by atoms with Crippen molar-refractivity contribution in [1.82, 2.24) is 0 Å². The molecule has 0 atom stereocenters. The lowest BCUT2D eigenvalue weighted by Gasteiger charge is -2.27. The molecular formula is C75H60N4. The summed E-state index contributed by atoms with van der Waals surface area (Å²) in [6, 6.07) is 111. The Kier molecular flexibility index (Phi) is 14.2.